The first-order chi connectivity index (χ1) is 10.6. The maximum atomic E-state index is 12.3. The number of nitrogens with one attached hydrogen (secondary N) is 1. The minimum atomic E-state index is -0.152. The van der Waals surface area contributed by atoms with Crippen LogP contribution in [0.5, 0.6) is 0 Å². The second-order valence-corrected chi connectivity index (χ2v) is 5.67. The Hall–Kier alpha value is -1.81. The number of amides is 1. The zero-order valence-corrected chi connectivity index (χ0v) is 13.9. The summed E-state index contributed by atoms with van der Waals surface area (Å²) in [5.41, 5.74) is 1.94. The number of rotatable bonds is 7. The van der Waals surface area contributed by atoms with Gasteiger partial charge in [-0.25, -0.2) is 4.68 Å². The fraction of sp³-hybridized carbons (Fsp3) is 0.412. The molecular formula is C17H22ClN3O. The van der Waals surface area contributed by atoms with Crippen LogP contribution in [-0.2, 0) is 0 Å². The van der Waals surface area contributed by atoms with Crippen LogP contribution in [0.2, 0.25) is 5.15 Å². The molecule has 118 valence electrons. The Morgan fingerprint density at radius 2 is 1.95 bits per heavy atom. The van der Waals surface area contributed by atoms with Gasteiger partial charge in [0.2, 0.25) is 0 Å². The van der Waals surface area contributed by atoms with E-state index in [2.05, 4.69) is 17.3 Å². The summed E-state index contributed by atoms with van der Waals surface area (Å²) in [5, 5.41) is 7.67. The lowest BCUT2D eigenvalue weighted by atomic mass is 10.2. The van der Waals surface area contributed by atoms with Crippen LogP contribution in [0.25, 0.3) is 5.69 Å². The third-order valence-corrected chi connectivity index (χ3v) is 3.90. The fourth-order valence-corrected chi connectivity index (χ4v) is 2.70. The molecule has 0 saturated heterocycles. The summed E-state index contributed by atoms with van der Waals surface area (Å²) in [7, 11) is 0. The van der Waals surface area contributed by atoms with Crippen molar-refractivity contribution >= 4 is 17.5 Å². The smallest absolute Gasteiger partial charge is 0.256 e. The molecule has 1 aromatic heterocycles. The van der Waals surface area contributed by atoms with Crippen LogP contribution in [0.4, 0.5) is 0 Å². The summed E-state index contributed by atoms with van der Waals surface area (Å²) >= 11 is 6.36. The molecule has 1 amide bonds. The van der Waals surface area contributed by atoms with Crippen LogP contribution in [0.1, 0.15) is 48.7 Å². The lowest BCUT2D eigenvalue weighted by Gasteiger charge is -2.05. The summed E-state index contributed by atoms with van der Waals surface area (Å²) < 4.78 is 1.60. The maximum absolute atomic E-state index is 12.3. The second kappa shape index (κ2) is 7.99. The van der Waals surface area contributed by atoms with Crippen molar-refractivity contribution in [1.82, 2.24) is 15.1 Å². The van der Waals surface area contributed by atoms with Crippen LogP contribution in [0.15, 0.2) is 30.3 Å². The van der Waals surface area contributed by atoms with Crippen molar-refractivity contribution in [2.24, 2.45) is 0 Å². The van der Waals surface area contributed by atoms with Crippen molar-refractivity contribution in [2.45, 2.75) is 39.5 Å². The molecule has 0 radical (unpaired) electrons. The Balaban J connectivity index is 2.08. The van der Waals surface area contributed by atoms with E-state index in [-0.39, 0.29) is 5.91 Å². The van der Waals surface area contributed by atoms with E-state index >= 15 is 0 Å². The van der Waals surface area contributed by atoms with E-state index in [0.717, 1.165) is 18.5 Å². The quantitative estimate of drug-likeness (QED) is 0.779. The third kappa shape index (κ3) is 3.89. The Kier molecular flexibility index (Phi) is 6.01. The third-order valence-electron chi connectivity index (χ3n) is 3.55. The average Bonchev–Trinajstić information content (AvgIpc) is 2.82. The van der Waals surface area contributed by atoms with Crippen LogP contribution < -0.4 is 5.32 Å². The van der Waals surface area contributed by atoms with Crippen molar-refractivity contribution in [3.8, 4) is 5.69 Å². The molecule has 0 fully saturated rings. The molecule has 5 heteroatoms. The van der Waals surface area contributed by atoms with E-state index in [1.165, 1.54) is 12.8 Å². The van der Waals surface area contributed by atoms with Gasteiger partial charge in [-0.2, -0.15) is 5.10 Å². The highest BCUT2D eigenvalue weighted by atomic mass is 35.5. The maximum Gasteiger partial charge on any atom is 0.256 e. The van der Waals surface area contributed by atoms with Crippen molar-refractivity contribution in [1.29, 1.82) is 0 Å². The molecule has 0 aliphatic rings. The minimum Gasteiger partial charge on any atom is -0.352 e. The van der Waals surface area contributed by atoms with Crippen molar-refractivity contribution in [2.75, 3.05) is 6.54 Å². The molecule has 2 aromatic rings. The molecule has 0 saturated carbocycles. The Labute approximate surface area is 136 Å². The monoisotopic (exact) mass is 319 g/mol. The lowest BCUT2D eigenvalue weighted by Crippen LogP contribution is -2.25. The van der Waals surface area contributed by atoms with E-state index in [1.807, 2.05) is 30.3 Å². The van der Waals surface area contributed by atoms with Crippen LogP contribution >= 0.6 is 11.6 Å². The average molecular weight is 320 g/mol. The van der Waals surface area contributed by atoms with E-state index in [1.54, 1.807) is 11.6 Å². The summed E-state index contributed by atoms with van der Waals surface area (Å²) in [6.45, 7) is 4.64. The van der Waals surface area contributed by atoms with Gasteiger partial charge in [0, 0.05) is 6.54 Å². The van der Waals surface area contributed by atoms with Gasteiger partial charge in [-0.05, 0) is 25.5 Å². The number of carbonyl (C=O) groups is 1. The van der Waals surface area contributed by atoms with Gasteiger partial charge in [-0.1, -0.05) is 56.0 Å². The first-order valence-electron chi connectivity index (χ1n) is 7.74. The highest BCUT2D eigenvalue weighted by molar-refractivity contribution is 6.33. The number of halogens is 1. The molecule has 4 nitrogen and oxygen atoms in total. The van der Waals surface area contributed by atoms with Gasteiger partial charge >= 0.3 is 0 Å². The first-order valence-corrected chi connectivity index (χ1v) is 8.11. The molecule has 0 spiro atoms. The van der Waals surface area contributed by atoms with E-state index < -0.39 is 0 Å². The largest absolute Gasteiger partial charge is 0.352 e. The van der Waals surface area contributed by atoms with Crippen LogP contribution in [0, 0.1) is 6.92 Å². The molecule has 0 unspecified atom stereocenters. The van der Waals surface area contributed by atoms with Crippen molar-refractivity contribution in [3.63, 3.8) is 0 Å². The number of benzene rings is 1. The number of hydrogen-bond acceptors (Lipinski definition) is 2. The molecule has 1 N–H and O–H groups in total. The molecule has 0 bridgehead atoms. The standard InChI is InChI=1S/C17H22ClN3O/c1-3-4-5-9-12-19-17(22)15-13(2)20-21(16(15)18)14-10-7-6-8-11-14/h6-8,10-11H,3-5,9,12H2,1-2H3,(H,19,22). The Morgan fingerprint density at radius 3 is 2.64 bits per heavy atom. The van der Waals surface area contributed by atoms with Crippen molar-refractivity contribution < 1.29 is 4.79 Å². The molecule has 1 heterocycles. The molecular weight excluding hydrogens is 298 g/mol. The zero-order chi connectivity index (χ0) is 15.9. The predicted molar refractivity (Wildman–Crippen MR) is 89.8 cm³/mol. The zero-order valence-electron chi connectivity index (χ0n) is 13.1. The number of aromatic nitrogens is 2. The van der Waals surface area contributed by atoms with E-state index in [0.29, 0.717) is 23.0 Å². The molecule has 0 aliphatic carbocycles. The minimum absolute atomic E-state index is 0.152. The normalized spacial score (nSPS) is 10.7. The molecule has 0 atom stereocenters. The molecule has 2 rings (SSSR count). The van der Waals surface area contributed by atoms with Crippen molar-refractivity contribution in [3.05, 3.63) is 46.7 Å². The van der Waals surface area contributed by atoms with Crippen LogP contribution in [-0.4, -0.2) is 22.2 Å². The van der Waals surface area contributed by atoms with Gasteiger partial charge in [0.15, 0.2) is 0 Å². The van der Waals surface area contributed by atoms with E-state index in [4.69, 9.17) is 11.6 Å². The number of para-hydroxylation sites is 1. The molecule has 1 aromatic carbocycles. The SMILES string of the molecule is CCCCCCNC(=O)c1c(C)nn(-c2ccccc2)c1Cl. The fourth-order valence-electron chi connectivity index (χ4n) is 2.34. The highest BCUT2D eigenvalue weighted by Gasteiger charge is 2.20. The Bertz CT molecular complexity index is 622. The number of aryl methyl sites for hydroxylation is 1. The number of carbonyl (C=O) groups excluding carboxylic acids is 1. The van der Waals surface area contributed by atoms with E-state index in [9.17, 15) is 4.79 Å². The predicted octanol–water partition coefficient (Wildman–Crippen LogP) is 4.14. The Morgan fingerprint density at radius 1 is 1.23 bits per heavy atom. The number of hydrogen-bond donors (Lipinski definition) is 1. The van der Waals surface area contributed by atoms with Gasteiger partial charge in [0.05, 0.1) is 16.9 Å². The lowest BCUT2D eigenvalue weighted by molar-refractivity contribution is 0.0952. The topological polar surface area (TPSA) is 46.9 Å². The van der Waals surface area contributed by atoms with Gasteiger partial charge < -0.3 is 5.32 Å². The van der Waals surface area contributed by atoms with Crippen LogP contribution in [0.3, 0.4) is 0 Å². The summed E-state index contributed by atoms with van der Waals surface area (Å²) in [5.74, 6) is -0.152. The molecule has 22 heavy (non-hydrogen) atoms. The van der Waals surface area contributed by atoms with Gasteiger partial charge in [-0.15, -0.1) is 0 Å². The number of unbranched alkanes of at least 4 members (excludes halogenated alkanes) is 3. The summed E-state index contributed by atoms with van der Waals surface area (Å²) in [6.07, 6.45) is 4.50. The summed E-state index contributed by atoms with van der Waals surface area (Å²) in [4.78, 5) is 12.3. The van der Waals surface area contributed by atoms with Gasteiger partial charge in [0.25, 0.3) is 5.91 Å². The highest BCUT2D eigenvalue weighted by Crippen LogP contribution is 2.23. The number of nitrogens with zero attached hydrogens (tertiary/aromatic N) is 2. The van der Waals surface area contributed by atoms with Gasteiger partial charge in [0.1, 0.15) is 5.15 Å². The first kappa shape index (κ1) is 16.6. The second-order valence-electron chi connectivity index (χ2n) is 5.32. The summed E-state index contributed by atoms with van der Waals surface area (Å²) in [6, 6.07) is 9.57. The van der Waals surface area contributed by atoms with Gasteiger partial charge in [-0.3, -0.25) is 4.79 Å². The molecule has 0 aliphatic heterocycles.